The zero-order chi connectivity index (χ0) is 12.5. The molecule has 1 aromatic rings. The molecule has 2 nitrogen and oxygen atoms in total. The van der Waals surface area contributed by atoms with E-state index >= 15 is 0 Å². The first-order valence-electron chi connectivity index (χ1n) is 3.78. The smallest absolute Gasteiger partial charge is 0.274 e. The van der Waals surface area contributed by atoms with E-state index in [0.717, 1.165) is 0 Å². The van der Waals surface area contributed by atoms with Crippen molar-refractivity contribution in [3.8, 4) is 0 Å². The number of rotatable bonds is 2. The number of pyridine rings is 1. The molecule has 16 heavy (non-hydrogen) atoms. The van der Waals surface area contributed by atoms with Crippen molar-refractivity contribution in [2.75, 3.05) is 0 Å². The number of carbonyl (C=O) groups is 1. The molecule has 88 valence electrons. The summed E-state index contributed by atoms with van der Waals surface area (Å²) in [6.07, 6.45) is -8.15. The van der Waals surface area contributed by atoms with Crippen molar-refractivity contribution in [1.29, 1.82) is 0 Å². The summed E-state index contributed by atoms with van der Waals surface area (Å²) >= 11 is 4.92. The highest BCUT2D eigenvalue weighted by Crippen LogP contribution is 2.36. The van der Waals surface area contributed by atoms with Crippen LogP contribution < -0.4 is 0 Å². The molecule has 0 aliphatic rings. The van der Waals surface area contributed by atoms with Gasteiger partial charge in [-0.15, -0.1) is 0 Å². The lowest BCUT2D eigenvalue weighted by Gasteiger charge is -2.11. The van der Waals surface area contributed by atoms with Gasteiger partial charge in [-0.25, -0.2) is 8.78 Å². The summed E-state index contributed by atoms with van der Waals surface area (Å²) in [4.78, 5) is 13.6. The standard InChI is InChI=1S/C8H3ClF5NO/c9-6(16)5-1-3(7(10)11)4(2-15-5)8(12,13)14/h1-2,7H. The van der Waals surface area contributed by atoms with Gasteiger partial charge in [0.25, 0.3) is 11.7 Å². The molecule has 0 bridgehead atoms. The van der Waals surface area contributed by atoms with Crippen molar-refractivity contribution in [2.45, 2.75) is 12.6 Å². The Labute approximate surface area is 91.0 Å². The van der Waals surface area contributed by atoms with E-state index in [9.17, 15) is 26.7 Å². The third-order valence-electron chi connectivity index (χ3n) is 1.68. The van der Waals surface area contributed by atoms with Gasteiger partial charge in [-0.05, 0) is 17.7 Å². The lowest BCUT2D eigenvalue weighted by atomic mass is 10.1. The second-order valence-electron chi connectivity index (χ2n) is 2.73. The Morgan fingerprint density at radius 2 is 1.94 bits per heavy atom. The predicted octanol–water partition coefficient (Wildman–Crippen LogP) is 3.42. The SMILES string of the molecule is O=C(Cl)c1cc(C(F)F)c(C(F)(F)F)cn1. The number of alkyl halides is 5. The van der Waals surface area contributed by atoms with Crippen LogP contribution in [0.25, 0.3) is 0 Å². The third kappa shape index (κ3) is 2.66. The summed E-state index contributed by atoms with van der Waals surface area (Å²) in [6.45, 7) is 0. The molecular formula is C8H3ClF5NO. The van der Waals surface area contributed by atoms with Gasteiger partial charge in [-0.1, -0.05) is 0 Å². The molecule has 0 amide bonds. The van der Waals surface area contributed by atoms with Crippen LogP contribution in [0.1, 0.15) is 28.0 Å². The number of carbonyl (C=O) groups excluding carboxylic acids is 1. The summed E-state index contributed by atoms with van der Waals surface area (Å²) in [5, 5.41) is -1.20. The van der Waals surface area contributed by atoms with Crippen LogP contribution in [0.15, 0.2) is 12.3 Å². The highest BCUT2D eigenvalue weighted by Gasteiger charge is 2.36. The highest BCUT2D eigenvalue weighted by molar-refractivity contribution is 6.67. The van der Waals surface area contributed by atoms with Gasteiger partial charge in [0.2, 0.25) is 0 Å². The molecule has 0 saturated heterocycles. The van der Waals surface area contributed by atoms with Gasteiger partial charge in [0.05, 0.1) is 5.56 Å². The van der Waals surface area contributed by atoms with Gasteiger partial charge in [0.1, 0.15) is 5.69 Å². The van der Waals surface area contributed by atoms with Gasteiger partial charge in [-0.2, -0.15) is 13.2 Å². The number of hydrogen-bond donors (Lipinski definition) is 0. The first-order chi connectivity index (χ1) is 7.23. The van der Waals surface area contributed by atoms with Crippen LogP contribution in [-0.2, 0) is 6.18 Å². The van der Waals surface area contributed by atoms with Crippen molar-refractivity contribution in [3.05, 3.63) is 29.1 Å². The Balaban J connectivity index is 3.37. The molecule has 0 unspecified atom stereocenters. The molecule has 0 aliphatic carbocycles. The van der Waals surface area contributed by atoms with Crippen molar-refractivity contribution in [2.24, 2.45) is 0 Å². The maximum absolute atomic E-state index is 12.3. The summed E-state index contributed by atoms with van der Waals surface area (Å²) in [6, 6.07) is 0.336. The second kappa shape index (κ2) is 4.32. The average Bonchev–Trinajstić information content (AvgIpc) is 2.15. The molecule has 1 heterocycles. The van der Waals surface area contributed by atoms with Crippen LogP contribution in [-0.4, -0.2) is 10.2 Å². The van der Waals surface area contributed by atoms with E-state index in [2.05, 4.69) is 4.98 Å². The Kier molecular flexibility index (Phi) is 3.47. The quantitative estimate of drug-likeness (QED) is 0.602. The highest BCUT2D eigenvalue weighted by atomic mass is 35.5. The fraction of sp³-hybridized carbons (Fsp3) is 0.250. The Morgan fingerprint density at radius 1 is 1.38 bits per heavy atom. The van der Waals surface area contributed by atoms with E-state index in [4.69, 9.17) is 11.6 Å². The largest absolute Gasteiger partial charge is 0.418 e. The van der Waals surface area contributed by atoms with Gasteiger partial charge in [-0.3, -0.25) is 9.78 Å². The van der Waals surface area contributed by atoms with Crippen molar-refractivity contribution in [3.63, 3.8) is 0 Å². The Morgan fingerprint density at radius 3 is 2.31 bits per heavy atom. The fourth-order valence-electron chi connectivity index (χ4n) is 0.996. The Bertz CT molecular complexity index is 417. The molecule has 0 N–H and O–H groups in total. The predicted molar refractivity (Wildman–Crippen MR) is 44.4 cm³/mol. The minimum absolute atomic E-state index is 0.164. The number of aromatic nitrogens is 1. The van der Waals surface area contributed by atoms with Crippen LogP contribution in [0.3, 0.4) is 0 Å². The maximum atomic E-state index is 12.3. The summed E-state index contributed by atoms with van der Waals surface area (Å²) < 4.78 is 61.4. The van der Waals surface area contributed by atoms with Crippen LogP contribution in [0.2, 0.25) is 0 Å². The molecule has 0 aromatic carbocycles. The van der Waals surface area contributed by atoms with Crippen molar-refractivity contribution < 1.29 is 26.7 Å². The lowest BCUT2D eigenvalue weighted by Crippen LogP contribution is -2.12. The summed E-state index contributed by atoms with van der Waals surface area (Å²) in [5.74, 6) is 0. The monoisotopic (exact) mass is 259 g/mol. The first kappa shape index (κ1) is 12.8. The lowest BCUT2D eigenvalue weighted by molar-refractivity contribution is -0.139. The molecule has 0 spiro atoms. The zero-order valence-corrected chi connectivity index (χ0v) is 8.11. The first-order valence-corrected chi connectivity index (χ1v) is 4.16. The van der Waals surface area contributed by atoms with E-state index in [1.165, 1.54) is 0 Å². The minimum atomic E-state index is -4.95. The van der Waals surface area contributed by atoms with E-state index in [1.807, 2.05) is 0 Å². The molecule has 0 atom stereocenters. The topological polar surface area (TPSA) is 30.0 Å². The number of nitrogens with zero attached hydrogens (tertiary/aromatic N) is 1. The van der Waals surface area contributed by atoms with Crippen LogP contribution >= 0.6 is 11.6 Å². The number of hydrogen-bond acceptors (Lipinski definition) is 2. The maximum Gasteiger partial charge on any atom is 0.418 e. The van der Waals surface area contributed by atoms with Gasteiger partial charge < -0.3 is 0 Å². The van der Waals surface area contributed by atoms with Gasteiger partial charge in [0.15, 0.2) is 0 Å². The molecule has 0 fully saturated rings. The van der Waals surface area contributed by atoms with Crippen LogP contribution in [0, 0.1) is 0 Å². The molecule has 1 rings (SSSR count). The summed E-state index contributed by atoms with van der Waals surface area (Å²) in [7, 11) is 0. The number of halogens is 6. The fourth-order valence-corrected chi connectivity index (χ4v) is 1.10. The molecular weight excluding hydrogens is 257 g/mol. The molecule has 0 saturated carbocycles. The van der Waals surface area contributed by atoms with Gasteiger partial charge in [0, 0.05) is 11.8 Å². The molecule has 8 heteroatoms. The second-order valence-corrected chi connectivity index (χ2v) is 3.07. The van der Waals surface area contributed by atoms with Crippen LogP contribution in [0.5, 0.6) is 0 Å². The normalized spacial score (nSPS) is 11.9. The summed E-state index contributed by atoms with van der Waals surface area (Å²) in [5.41, 5.74) is -3.54. The zero-order valence-electron chi connectivity index (χ0n) is 7.36. The van der Waals surface area contributed by atoms with Crippen molar-refractivity contribution in [1.82, 2.24) is 4.98 Å². The molecule has 1 aromatic heterocycles. The van der Waals surface area contributed by atoms with E-state index in [-0.39, 0.29) is 6.20 Å². The Hall–Kier alpha value is -1.24. The third-order valence-corrected chi connectivity index (χ3v) is 1.87. The van der Waals surface area contributed by atoms with E-state index in [1.54, 1.807) is 0 Å². The van der Waals surface area contributed by atoms with Crippen molar-refractivity contribution >= 4 is 16.8 Å². The molecule has 0 aliphatic heterocycles. The van der Waals surface area contributed by atoms with Gasteiger partial charge >= 0.3 is 6.18 Å². The van der Waals surface area contributed by atoms with Crippen LogP contribution in [0.4, 0.5) is 22.0 Å². The average molecular weight is 260 g/mol. The van der Waals surface area contributed by atoms with E-state index in [0.29, 0.717) is 6.07 Å². The van der Waals surface area contributed by atoms with E-state index < -0.39 is 34.7 Å². The molecule has 0 radical (unpaired) electrons. The minimum Gasteiger partial charge on any atom is -0.274 e.